The lowest BCUT2D eigenvalue weighted by atomic mass is 10.0. The predicted molar refractivity (Wildman–Crippen MR) is 87.9 cm³/mol. The fourth-order valence-electron chi connectivity index (χ4n) is 2.43. The molecule has 102 valence electrons. The summed E-state index contributed by atoms with van der Waals surface area (Å²) in [5.74, 6) is 1.25. The molecule has 0 radical (unpaired) electrons. The summed E-state index contributed by atoms with van der Waals surface area (Å²) in [5.41, 5.74) is 0. The van der Waals surface area contributed by atoms with E-state index in [0.717, 1.165) is 11.7 Å². The molecule has 0 aromatic carbocycles. The van der Waals surface area contributed by atoms with Gasteiger partial charge < -0.3 is 5.32 Å². The normalized spacial score (nSPS) is 19.0. The molecule has 1 aliphatic rings. The van der Waals surface area contributed by atoms with Crippen LogP contribution in [0.3, 0.4) is 0 Å². The summed E-state index contributed by atoms with van der Waals surface area (Å²) >= 11 is 7.59. The number of thiophene rings is 1. The molecular formula is C14H22BrNS2. The first-order valence-electron chi connectivity index (χ1n) is 6.81. The Morgan fingerprint density at radius 2 is 2.17 bits per heavy atom. The van der Waals surface area contributed by atoms with E-state index in [2.05, 4.69) is 52.2 Å². The van der Waals surface area contributed by atoms with E-state index in [4.69, 9.17) is 0 Å². The fraction of sp³-hybridized carbons (Fsp3) is 0.714. The van der Waals surface area contributed by atoms with Crippen molar-refractivity contribution in [1.82, 2.24) is 5.32 Å². The van der Waals surface area contributed by atoms with Gasteiger partial charge in [0.15, 0.2) is 0 Å². The average molecular weight is 348 g/mol. The van der Waals surface area contributed by atoms with Crippen molar-refractivity contribution in [3.8, 4) is 0 Å². The molecular weight excluding hydrogens is 326 g/mol. The predicted octanol–water partition coefficient (Wildman–Crippen LogP) is 4.71. The number of thioether (sulfide) groups is 1. The Kier molecular flexibility index (Phi) is 6.56. The third-order valence-corrected chi connectivity index (χ3v) is 6.75. The summed E-state index contributed by atoms with van der Waals surface area (Å²) in [6.07, 6.45) is 8.37. The lowest BCUT2D eigenvalue weighted by Crippen LogP contribution is -2.30. The monoisotopic (exact) mass is 347 g/mol. The molecule has 1 saturated carbocycles. The number of halogens is 1. The molecule has 0 saturated heterocycles. The Morgan fingerprint density at radius 1 is 1.39 bits per heavy atom. The van der Waals surface area contributed by atoms with Crippen LogP contribution in [0, 0.1) is 0 Å². The molecule has 2 rings (SSSR count). The SMILES string of the molecule is CNC(CSC1CCCCC1)Cc1ccc(Br)s1. The zero-order valence-electron chi connectivity index (χ0n) is 11.0. The molecule has 1 fully saturated rings. The Balaban J connectivity index is 1.74. The molecule has 18 heavy (non-hydrogen) atoms. The van der Waals surface area contributed by atoms with E-state index in [1.165, 1.54) is 46.5 Å². The standard InChI is InChI=1S/C14H22BrNS2/c1-16-11(9-13-7-8-14(15)18-13)10-17-12-5-3-2-4-6-12/h7-8,11-12,16H,2-6,9-10H2,1H3. The highest BCUT2D eigenvalue weighted by molar-refractivity contribution is 9.11. The second-order valence-corrected chi connectivity index (χ2v) is 8.87. The van der Waals surface area contributed by atoms with E-state index < -0.39 is 0 Å². The van der Waals surface area contributed by atoms with Gasteiger partial charge in [-0.3, -0.25) is 0 Å². The van der Waals surface area contributed by atoms with Gasteiger partial charge in [-0.1, -0.05) is 19.3 Å². The van der Waals surface area contributed by atoms with E-state index in [9.17, 15) is 0 Å². The summed E-state index contributed by atoms with van der Waals surface area (Å²) in [6.45, 7) is 0. The Morgan fingerprint density at radius 3 is 2.78 bits per heavy atom. The topological polar surface area (TPSA) is 12.0 Å². The number of nitrogens with one attached hydrogen (secondary N) is 1. The second kappa shape index (κ2) is 7.93. The van der Waals surface area contributed by atoms with E-state index in [-0.39, 0.29) is 0 Å². The maximum atomic E-state index is 3.54. The molecule has 0 aliphatic heterocycles. The van der Waals surface area contributed by atoms with Crippen LogP contribution in [0.15, 0.2) is 15.9 Å². The number of hydrogen-bond donors (Lipinski definition) is 1. The zero-order valence-corrected chi connectivity index (χ0v) is 14.2. The molecule has 1 aromatic heterocycles. The summed E-state index contributed by atoms with van der Waals surface area (Å²) in [6, 6.07) is 5.01. The summed E-state index contributed by atoms with van der Waals surface area (Å²) in [4.78, 5) is 1.48. The van der Waals surface area contributed by atoms with Gasteiger partial charge in [0, 0.05) is 21.9 Å². The molecule has 0 spiro atoms. The van der Waals surface area contributed by atoms with Gasteiger partial charge in [0.2, 0.25) is 0 Å². The van der Waals surface area contributed by atoms with Crippen LogP contribution in [0.5, 0.6) is 0 Å². The van der Waals surface area contributed by atoms with E-state index in [1.807, 2.05) is 11.3 Å². The lowest BCUT2D eigenvalue weighted by Gasteiger charge is -2.23. The van der Waals surface area contributed by atoms with E-state index >= 15 is 0 Å². The highest BCUT2D eigenvalue weighted by Crippen LogP contribution is 2.29. The average Bonchev–Trinajstić information content (AvgIpc) is 2.81. The number of likely N-dealkylation sites (N-methyl/N-ethyl adjacent to an activating group) is 1. The minimum absolute atomic E-state index is 0.613. The highest BCUT2D eigenvalue weighted by Gasteiger charge is 2.16. The first-order valence-corrected chi connectivity index (χ1v) is 9.47. The minimum atomic E-state index is 0.613. The van der Waals surface area contributed by atoms with E-state index in [1.54, 1.807) is 0 Å². The molecule has 1 unspecified atom stereocenters. The van der Waals surface area contributed by atoms with Crippen LogP contribution in [-0.2, 0) is 6.42 Å². The number of rotatable bonds is 6. The first-order chi connectivity index (χ1) is 8.78. The van der Waals surface area contributed by atoms with Crippen LogP contribution in [0.25, 0.3) is 0 Å². The van der Waals surface area contributed by atoms with Crippen LogP contribution < -0.4 is 5.32 Å². The van der Waals surface area contributed by atoms with Crippen LogP contribution in [0.2, 0.25) is 0 Å². The van der Waals surface area contributed by atoms with Gasteiger partial charge >= 0.3 is 0 Å². The largest absolute Gasteiger partial charge is 0.316 e. The van der Waals surface area contributed by atoms with Gasteiger partial charge in [-0.05, 0) is 54.4 Å². The van der Waals surface area contributed by atoms with Crippen molar-refractivity contribution in [3.05, 3.63) is 20.8 Å². The van der Waals surface area contributed by atoms with Crippen molar-refractivity contribution in [1.29, 1.82) is 0 Å². The van der Waals surface area contributed by atoms with Gasteiger partial charge in [0.05, 0.1) is 3.79 Å². The van der Waals surface area contributed by atoms with Crippen LogP contribution in [0.4, 0.5) is 0 Å². The number of hydrogen-bond acceptors (Lipinski definition) is 3. The van der Waals surface area contributed by atoms with Gasteiger partial charge in [-0.15, -0.1) is 11.3 Å². The van der Waals surface area contributed by atoms with Crippen molar-refractivity contribution in [2.75, 3.05) is 12.8 Å². The molecule has 0 amide bonds. The van der Waals surface area contributed by atoms with Gasteiger partial charge in [0.25, 0.3) is 0 Å². The Labute approximate surface area is 127 Å². The lowest BCUT2D eigenvalue weighted by molar-refractivity contribution is 0.514. The van der Waals surface area contributed by atoms with Crippen LogP contribution >= 0.6 is 39.0 Å². The van der Waals surface area contributed by atoms with Crippen molar-refractivity contribution in [2.45, 2.75) is 49.8 Å². The quantitative estimate of drug-likeness (QED) is 0.799. The molecule has 0 bridgehead atoms. The Bertz CT molecular complexity index is 347. The molecule has 1 aromatic rings. The minimum Gasteiger partial charge on any atom is -0.316 e. The van der Waals surface area contributed by atoms with Crippen LogP contribution in [-0.4, -0.2) is 24.1 Å². The van der Waals surface area contributed by atoms with E-state index in [0.29, 0.717) is 6.04 Å². The van der Waals surface area contributed by atoms with Gasteiger partial charge in [-0.2, -0.15) is 11.8 Å². The molecule has 1 aliphatic carbocycles. The summed E-state index contributed by atoms with van der Waals surface area (Å²) < 4.78 is 1.24. The molecule has 1 atom stereocenters. The maximum Gasteiger partial charge on any atom is 0.0701 e. The molecule has 4 heteroatoms. The zero-order chi connectivity index (χ0) is 12.8. The third kappa shape index (κ3) is 4.87. The smallest absolute Gasteiger partial charge is 0.0701 e. The summed E-state index contributed by atoms with van der Waals surface area (Å²) in [5, 5.41) is 4.39. The third-order valence-electron chi connectivity index (χ3n) is 3.57. The first kappa shape index (κ1) is 14.9. The van der Waals surface area contributed by atoms with Gasteiger partial charge in [-0.25, -0.2) is 0 Å². The van der Waals surface area contributed by atoms with Crippen molar-refractivity contribution in [2.24, 2.45) is 0 Å². The molecule has 1 N–H and O–H groups in total. The van der Waals surface area contributed by atoms with Crippen molar-refractivity contribution >= 4 is 39.0 Å². The van der Waals surface area contributed by atoms with Crippen molar-refractivity contribution in [3.63, 3.8) is 0 Å². The summed E-state index contributed by atoms with van der Waals surface area (Å²) in [7, 11) is 2.09. The van der Waals surface area contributed by atoms with Gasteiger partial charge in [0.1, 0.15) is 0 Å². The van der Waals surface area contributed by atoms with Crippen molar-refractivity contribution < 1.29 is 0 Å². The molecule has 1 heterocycles. The highest BCUT2D eigenvalue weighted by atomic mass is 79.9. The Hall–Kier alpha value is 0.490. The molecule has 1 nitrogen and oxygen atoms in total. The van der Waals surface area contributed by atoms with Crippen LogP contribution in [0.1, 0.15) is 37.0 Å². The maximum absolute atomic E-state index is 3.54. The fourth-order valence-corrected chi connectivity index (χ4v) is 5.45. The second-order valence-electron chi connectivity index (χ2n) is 4.99.